The number of carbonyl (C=O) groups excluding carboxylic acids is 1. The number of anilines is 1. The van der Waals surface area contributed by atoms with Gasteiger partial charge in [-0.15, -0.1) is 0 Å². The molecule has 1 N–H and O–H groups in total. The van der Waals surface area contributed by atoms with Crippen LogP contribution in [0.3, 0.4) is 0 Å². The lowest BCUT2D eigenvalue weighted by atomic mass is 10.1. The molecule has 0 fully saturated rings. The van der Waals surface area contributed by atoms with E-state index < -0.39 is 22.5 Å². The first-order valence-corrected chi connectivity index (χ1v) is 11.7. The topological polar surface area (TPSA) is 78.8 Å². The van der Waals surface area contributed by atoms with Gasteiger partial charge in [0.25, 0.3) is 15.9 Å². The summed E-state index contributed by atoms with van der Waals surface area (Å²) in [6, 6.07) is 18.8. The molecule has 0 heterocycles. The summed E-state index contributed by atoms with van der Waals surface area (Å²) in [6.07, 6.45) is 1.44. The summed E-state index contributed by atoms with van der Waals surface area (Å²) in [5.41, 5.74) is 6.39. The summed E-state index contributed by atoms with van der Waals surface area (Å²) in [5, 5.41) is 4.47. The molecule has 0 unspecified atom stereocenters. The third-order valence-electron chi connectivity index (χ3n) is 4.93. The van der Waals surface area contributed by atoms with E-state index in [-0.39, 0.29) is 4.90 Å². The van der Waals surface area contributed by atoms with Crippen molar-refractivity contribution in [2.45, 2.75) is 25.7 Å². The highest BCUT2D eigenvalue weighted by Crippen LogP contribution is 2.26. The lowest BCUT2D eigenvalue weighted by Crippen LogP contribution is -2.39. The fourth-order valence-electron chi connectivity index (χ4n) is 2.96. The second-order valence-corrected chi connectivity index (χ2v) is 9.74. The minimum Gasteiger partial charge on any atom is -0.271 e. The SMILES string of the molecule is Cc1ccc(S(=O)(=O)N(CC(=O)N/N=C\c2cccc(Cl)c2)c2ccc(C)c(C)c2)cc1. The molecule has 0 aliphatic heterocycles. The molecule has 6 nitrogen and oxygen atoms in total. The van der Waals surface area contributed by atoms with Crippen LogP contribution < -0.4 is 9.73 Å². The first-order valence-electron chi connectivity index (χ1n) is 9.91. The molecule has 0 aliphatic carbocycles. The molecule has 0 aliphatic rings. The number of amides is 1. The highest BCUT2D eigenvalue weighted by atomic mass is 35.5. The summed E-state index contributed by atoms with van der Waals surface area (Å²) in [6.45, 7) is 5.29. The number of aryl methyl sites for hydroxylation is 3. The van der Waals surface area contributed by atoms with Gasteiger partial charge >= 0.3 is 0 Å². The van der Waals surface area contributed by atoms with Crippen molar-refractivity contribution in [1.82, 2.24) is 5.43 Å². The number of nitrogens with zero attached hydrogens (tertiary/aromatic N) is 2. The number of benzene rings is 3. The zero-order valence-electron chi connectivity index (χ0n) is 18.0. The molecule has 0 saturated carbocycles. The zero-order chi connectivity index (χ0) is 23.3. The molecule has 32 heavy (non-hydrogen) atoms. The van der Waals surface area contributed by atoms with E-state index in [1.807, 2.05) is 26.8 Å². The van der Waals surface area contributed by atoms with Crippen LogP contribution in [-0.2, 0) is 14.8 Å². The van der Waals surface area contributed by atoms with Gasteiger partial charge in [-0.25, -0.2) is 13.8 Å². The van der Waals surface area contributed by atoms with Gasteiger partial charge in [0.05, 0.1) is 16.8 Å². The molecule has 0 saturated heterocycles. The Bertz CT molecular complexity index is 1260. The first-order chi connectivity index (χ1) is 15.2. The second-order valence-electron chi connectivity index (χ2n) is 7.44. The van der Waals surface area contributed by atoms with Crippen molar-refractivity contribution in [3.8, 4) is 0 Å². The predicted molar refractivity (Wildman–Crippen MR) is 129 cm³/mol. The maximum atomic E-state index is 13.4. The van der Waals surface area contributed by atoms with Gasteiger partial charge in [-0.2, -0.15) is 5.10 Å². The third-order valence-corrected chi connectivity index (χ3v) is 6.95. The van der Waals surface area contributed by atoms with Crippen molar-refractivity contribution in [2.75, 3.05) is 10.8 Å². The van der Waals surface area contributed by atoms with Crippen LogP contribution in [0.15, 0.2) is 76.7 Å². The lowest BCUT2D eigenvalue weighted by molar-refractivity contribution is -0.119. The molecule has 0 bridgehead atoms. The molecule has 3 rings (SSSR count). The average Bonchev–Trinajstić information content (AvgIpc) is 2.74. The third kappa shape index (κ3) is 5.75. The van der Waals surface area contributed by atoms with Crippen LogP contribution in [-0.4, -0.2) is 27.1 Å². The largest absolute Gasteiger partial charge is 0.271 e. The zero-order valence-corrected chi connectivity index (χ0v) is 19.6. The van der Waals surface area contributed by atoms with Gasteiger partial charge in [-0.05, 0) is 73.9 Å². The van der Waals surface area contributed by atoms with E-state index in [9.17, 15) is 13.2 Å². The Labute approximate surface area is 193 Å². The van der Waals surface area contributed by atoms with E-state index in [1.165, 1.54) is 18.3 Å². The molecule has 166 valence electrons. The Balaban J connectivity index is 1.87. The molecular formula is C24H24ClN3O3S. The highest BCUT2D eigenvalue weighted by Gasteiger charge is 2.27. The molecule has 0 aromatic heterocycles. The first kappa shape index (κ1) is 23.5. The Kier molecular flexibility index (Phi) is 7.33. The number of halogens is 1. The van der Waals surface area contributed by atoms with Crippen LogP contribution in [0.25, 0.3) is 0 Å². The minimum atomic E-state index is -3.98. The molecule has 3 aromatic rings. The Hall–Kier alpha value is -3.16. The monoisotopic (exact) mass is 469 g/mol. The quantitative estimate of drug-likeness (QED) is 0.405. The van der Waals surface area contributed by atoms with Crippen molar-refractivity contribution in [3.63, 3.8) is 0 Å². The van der Waals surface area contributed by atoms with Crippen LogP contribution in [0.1, 0.15) is 22.3 Å². The van der Waals surface area contributed by atoms with Crippen molar-refractivity contribution in [2.24, 2.45) is 5.10 Å². The number of rotatable bonds is 7. The van der Waals surface area contributed by atoms with Crippen LogP contribution >= 0.6 is 11.6 Å². The maximum Gasteiger partial charge on any atom is 0.264 e. The minimum absolute atomic E-state index is 0.108. The summed E-state index contributed by atoms with van der Waals surface area (Å²) < 4.78 is 27.9. The molecule has 0 spiro atoms. The van der Waals surface area contributed by atoms with Gasteiger partial charge in [0.2, 0.25) is 0 Å². The van der Waals surface area contributed by atoms with Gasteiger partial charge in [0.1, 0.15) is 6.54 Å². The smallest absolute Gasteiger partial charge is 0.264 e. The number of nitrogens with one attached hydrogen (secondary N) is 1. The van der Waals surface area contributed by atoms with Crippen LogP contribution in [0.4, 0.5) is 5.69 Å². The van der Waals surface area contributed by atoms with Crippen molar-refractivity contribution >= 4 is 39.4 Å². The van der Waals surface area contributed by atoms with Gasteiger partial charge in [0.15, 0.2) is 0 Å². The van der Waals surface area contributed by atoms with Gasteiger partial charge in [0, 0.05) is 5.02 Å². The maximum absolute atomic E-state index is 13.4. The van der Waals surface area contributed by atoms with E-state index in [2.05, 4.69) is 10.5 Å². The fourth-order valence-corrected chi connectivity index (χ4v) is 4.58. The van der Waals surface area contributed by atoms with Gasteiger partial charge in [-0.3, -0.25) is 9.10 Å². The number of carbonyl (C=O) groups is 1. The van der Waals surface area contributed by atoms with E-state index in [1.54, 1.807) is 48.5 Å². The Morgan fingerprint density at radius 2 is 1.72 bits per heavy atom. The number of hydrogen-bond donors (Lipinski definition) is 1. The highest BCUT2D eigenvalue weighted by molar-refractivity contribution is 7.92. The van der Waals surface area contributed by atoms with Crippen molar-refractivity contribution < 1.29 is 13.2 Å². The van der Waals surface area contributed by atoms with E-state index >= 15 is 0 Å². The lowest BCUT2D eigenvalue weighted by Gasteiger charge is -2.24. The normalized spacial score (nSPS) is 11.5. The van der Waals surface area contributed by atoms with Crippen LogP contribution in [0.5, 0.6) is 0 Å². The van der Waals surface area contributed by atoms with Crippen molar-refractivity contribution in [3.05, 3.63) is 94.0 Å². The molecular weight excluding hydrogens is 446 g/mol. The summed E-state index contributed by atoms with van der Waals surface area (Å²) in [4.78, 5) is 12.7. The van der Waals surface area contributed by atoms with E-state index in [0.717, 1.165) is 21.0 Å². The predicted octanol–water partition coefficient (Wildman–Crippen LogP) is 4.61. The standard InChI is InChI=1S/C24H24ClN3O3S/c1-17-7-11-23(12-8-17)32(30,31)28(22-10-9-18(2)19(3)13-22)16-24(29)27-26-15-20-5-4-6-21(25)14-20/h4-15H,16H2,1-3H3,(H,27,29)/b26-15-. The number of hydrogen-bond acceptors (Lipinski definition) is 4. The van der Waals surface area contributed by atoms with Crippen LogP contribution in [0, 0.1) is 20.8 Å². The number of hydrazone groups is 1. The summed E-state index contributed by atoms with van der Waals surface area (Å²) in [5.74, 6) is -0.572. The van der Waals surface area contributed by atoms with Crippen molar-refractivity contribution in [1.29, 1.82) is 0 Å². The molecule has 1 amide bonds. The second kappa shape index (κ2) is 9.97. The average molecular weight is 470 g/mol. The van der Waals surface area contributed by atoms with Gasteiger partial charge in [-0.1, -0.05) is 47.5 Å². The summed E-state index contributed by atoms with van der Waals surface area (Å²) in [7, 11) is -3.98. The van der Waals surface area contributed by atoms with E-state index in [0.29, 0.717) is 16.3 Å². The Morgan fingerprint density at radius 3 is 2.38 bits per heavy atom. The number of sulfonamides is 1. The summed E-state index contributed by atoms with van der Waals surface area (Å²) >= 11 is 5.94. The van der Waals surface area contributed by atoms with Crippen LogP contribution in [0.2, 0.25) is 5.02 Å². The molecule has 0 atom stereocenters. The molecule has 8 heteroatoms. The molecule has 3 aromatic carbocycles. The van der Waals surface area contributed by atoms with E-state index in [4.69, 9.17) is 11.6 Å². The Morgan fingerprint density at radius 1 is 1.00 bits per heavy atom. The van der Waals surface area contributed by atoms with Gasteiger partial charge < -0.3 is 0 Å². The molecule has 0 radical (unpaired) electrons. The fraction of sp³-hybridized carbons (Fsp3) is 0.167.